The Labute approximate surface area is 142 Å². The number of nitro groups is 1. The third kappa shape index (κ3) is 4.44. The molecule has 0 N–H and O–H groups in total. The number of hydrogen-bond acceptors (Lipinski definition) is 5. The van der Waals surface area contributed by atoms with Gasteiger partial charge in [0.2, 0.25) is 0 Å². The van der Waals surface area contributed by atoms with Gasteiger partial charge in [0.15, 0.2) is 5.75 Å². The third-order valence-electron chi connectivity index (χ3n) is 2.67. The van der Waals surface area contributed by atoms with Crippen LogP contribution in [0.5, 0.6) is 5.75 Å². The van der Waals surface area contributed by atoms with E-state index in [1.54, 1.807) is 6.07 Å². The van der Waals surface area contributed by atoms with E-state index in [0.717, 1.165) is 6.08 Å². The van der Waals surface area contributed by atoms with E-state index in [9.17, 15) is 18.5 Å². The van der Waals surface area contributed by atoms with Crippen LogP contribution in [-0.4, -0.2) is 13.3 Å². The second-order valence-corrected chi connectivity index (χ2v) is 6.48. The standard InChI is InChI=1S/C14H9Cl2NO5S/c15-11-5-3-6-12(16)14(11)22-23(20,21)9-8-10-4-1-2-7-13(10)17(18)19/h1-9H/b9-8+. The molecule has 0 atom stereocenters. The lowest BCUT2D eigenvalue weighted by atomic mass is 10.2. The Balaban J connectivity index is 2.30. The van der Waals surface area contributed by atoms with Crippen LogP contribution >= 0.6 is 23.2 Å². The Morgan fingerprint density at radius 2 is 1.65 bits per heavy atom. The summed E-state index contributed by atoms with van der Waals surface area (Å²) < 4.78 is 28.8. The summed E-state index contributed by atoms with van der Waals surface area (Å²) in [5.74, 6) is -0.206. The highest BCUT2D eigenvalue weighted by atomic mass is 35.5. The fourth-order valence-electron chi connectivity index (χ4n) is 1.66. The van der Waals surface area contributed by atoms with Crippen molar-refractivity contribution in [1.82, 2.24) is 0 Å². The molecule has 0 aromatic heterocycles. The highest BCUT2D eigenvalue weighted by Gasteiger charge is 2.16. The highest BCUT2D eigenvalue weighted by Crippen LogP contribution is 2.33. The van der Waals surface area contributed by atoms with Crippen molar-refractivity contribution in [1.29, 1.82) is 0 Å². The van der Waals surface area contributed by atoms with E-state index in [2.05, 4.69) is 0 Å². The highest BCUT2D eigenvalue weighted by molar-refractivity contribution is 7.90. The molecule has 0 bridgehead atoms. The van der Waals surface area contributed by atoms with Gasteiger partial charge in [0.25, 0.3) is 5.69 Å². The van der Waals surface area contributed by atoms with Crippen LogP contribution < -0.4 is 4.18 Å². The van der Waals surface area contributed by atoms with Crippen molar-refractivity contribution in [3.8, 4) is 5.75 Å². The lowest BCUT2D eigenvalue weighted by Crippen LogP contribution is -2.06. The van der Waals surface area contributed by atoms with Crippen LogP contribution in [0.15, 0.2) is 47.9 Å². The van der Waals surface area contributed by atoms with Gasteiger partial charge in [-0.05, 0) is 24.3 Å². The number of halogens is 2. The van der Waals surface area contributed by atoms with Gasteiger partial charge in [-0.15, -0.1) is 0 Å². The molecule has 120 valence electrons. The normalized spacial score (nSPS) is 11.6. The van der Waals surface area contributed by atoms with Crippen molar-refractivity contribution in [3.05, 3.63) is 73.6 Å². The number of nitro benzene ring substituents is 1. The summed E-state index contributed by atoms with van der Waals surface area (Å²) >= 11 is 11.7. The zero-order valence-corrected chi connectivity index (χ0v) is 13.7. The first-order valence-corrected chi connectivity index (χ1v) is 8.33. The predicted molar refractivity (Wildman–Crippen MR) is 88.1 cm³/mol. The molecule has 0 saturated carbocycles. The monoisotopic (exact) mass is 373 g/mol. The molecule has 0 saturated heterocycles. The Morgan fingerprint density at radius 3 is 2.26 bits per heavy atom. The minimum absolute atomic E-state index is 0.0279. The van der Waals surface area contributed by atoms with Crippen molar-refractivity contribution >= 4 is 45.1 Å². The number of para-hydroxylation sites is 2. The molecule has 0 fully saturated rings. The topological polar surface area (TPSA) is 86.5 Å². The number of benzene rings is 2. The summed E-state index contributed by atoms with van der Waals surface area (Å²) in [7, 11) is -4.19. The Morgan fingerprint density at radius 1 is 1.04 bits per heavy atom. The summed E-state index contributed by atoms with van der Waals surface area (Å²) in [6, 6.07) is 10.1. The zero-order chi connectivity index (χ0) is 17.0. The molecule has 6 nitrogen and oxygen atoms in total. The lowest BCUT2D eigenvalue weighted by molar-refractivity contribution is -0.385. The molecule has 0 amide bonds. The van der Waals surface area contributed by atoms with Gasteiger partial charge >= 0.3 is 10.1 Å². The fourth-order valence-corrected chi connectivity index (χ4v) is 3.00. The smallest absolute Gasteiger partial charge is 0.332 e. The summed E-state index contributed by atoms with van der Waals surface area (Å²) in [4.78, 5) is 10.3. The molecule has 0 heterocycles. The van der Waals surface area contributed by atoms with Gasteiger partial charge in [0, 0.05) is 6.07 Å². The molecule has 2 aromatic rings. The fraction of sp³-hybridized carbons (Fsp3) is 0. The van der Waals surface area contributed by atoms with E-state index in [1.807, 2.05) is 0 Å². The predicted octanol–water partition coefficient (Wildman–Crippen LogP) is 4.28. The van der Waals surface area contributed by atoms with Gasteiger partial charge < -0.3 is 4.18 Å². The van der Waals surface area contributed by atoms with Crippen LogP contribution in [0.4, 0.5) is 5.69 Å². The maximum atomic E-state index is 12.0. The maximum absolute atomic E-state index is 12.0. The van der Waals surface area contributed by atoms with E-state index in [-0.39, 0.29) is 27.0 Å². The number of hydrogen-bond donors (Lipinski definition) is 0. The molecule has 9 heteroatoms. The maximum Gasteiger partial charge on any atom is 0.332 e. The molecule has 2 rings (SSSR count). The van der Waals surface area contributed by atoms with Crippen LogP contribution in [0, 0.1) is 10.1 Å². The van der Waals surface area contributed by atoms with E-state index in [4.69, 9.17) is 27.4 Å². The molecule has 0 unspecified atom stereocenters. The van der Waals surface area contributed by atoms with Crippen LogP contribution in [0.2, 0.25) is 10.0 Å². The molecule has 0 aliphatic rings. The average Bonchev–Trinajstić information content (AvgIpc) is 2.49. The van der Waals surface area contributed by atoms with E-state index < -0.39 is 15.0 Å². The Kier molecular flexibility index (Phi) is 5.25. The van der Waals surface area contributed by atoms with Crippen LogP contribution in [0.1, 0.15) is 5.56 Å². The van der Waals surface area contributed by atoms with Gasteiger partial charge in [-0.1, -0.05) is 41.4 Å². The van der Waals surface area contributed by atoms with Crippen LogP contribution in [0.25, 0.3) is 6.08 Å². The SMILES string of the molecule is O=[N+]([O-])c1ccccc1/C=C/S(=O)(=O)Oc1c(Cl)cccc1Cl. The first-order valence-electron chi connectivity index (χ1n) is 6.10. The van der Waals surface area contributed by atoms with Crippen molar-refractivity contribution in [2.45, 2.75) is 0 Å². The summed E-state index contributed by atoms with van der Waals surface area (Å²) in [5.41, 5.74) is -0.107. The van der Waals surface area contributed by atoms with Crippen molar-refractivity contribution in [2.75, 3.05) is 0 Å². The van der Waals surface area contributed by atoms with E-state index in [0.29, 0.717) is 5.41 Å². The van der Waals surface area contributed by atoms with Crippen LogP contribution in [-0.2, 0) is 10.1 Å². The van der Waals surface area contributed by atoms with Crippen LogP contribution in [0.3, 0.4) is 0 Å². The van der Waals surface area contributed by atoms with Gasteiger partial charge in [0.1, 0.15) is 0 Å². The molecule has 0 spiro atoms. The lowest BCUT2D eigenvalue weighted by Gasteiger charge is -2.07. The molecule has 0 aliphatic carbocycles. The number of nitrogens with zero attached hydrogens (tertiary/aromatic N) is 1. The van der Waals surface area contributed by atoms with Crippen molar-refractivity contribution in [2.24, 2.45) is 0 Å². The molecule has 2 aromatic carbocycles. The molecular weight excluding hydrogens is 365 g/mol. The second-order valence-electron chi connectivity index (χ2n) is 4.25. The van der Waals surface area contributed by atoms with E-state index in [1.165, 1.54) is 36.4 Å². The largest absolute Gasteiger partial charge is 0.376 e. The quantitative estimate of drug-likeness (QED) is 0.443. The van der Waals surface area contributed by atoms with Gasteiger partial charge in [-0.25, -0.2) is 0 Å². The van der Waals surface area contributed by atoms with Crippen molar-refractivity contribution in [3.63, 3.8) is 0 Å². The Hall–Kier alpha value is -2.09. The minimum Gasteiger partial charge on any atom is -0.376 e. The van der Waals surface area contributed by atoms with Gasteiger partial charge in [0.05, 0.1) is 25.9 Å². The number of rotatable bonds is 5. The molecule has 0 aliphatic heterocycles. The summed E-state index contributed by atoms with van der Waals surface area (Å²) in [6.45, 7) is 0. The van der Waals surface area contributed by atoms with Crippen molar-refractivity contribution < 1.29 is 17.5 Å². The minimum atomic E-state index is -4.19. The summed E-state index contributed by atoms with van der Waals surface area (Å²) in [5, 5.41) is 11.6. The molecule has 0 radical (unpaired) electrons. The first-order chi connectivity index (χ1) is 10.8. The van der Waals surface area contributed by atoms with Gasteiger partial charge in [-0.2, -0.15) is 8.42 Å². The molecular formula is C14H9Cl2NO5S. The zero-order valence-electron chi connectivity index (χ0n) is 11.3. The summed E-state index contributed by atoms with van der Waals surface area (Å²) in [6.07, 6.45) is 1.07. The second kappa shape index (κ2) is 6.99. The van der Waals surface area contributed by atoms with Gasteiger partial charge in [-0.3, -0.25) is 10.1 Å². The first kappa shape index (κ1) is 17.3. The average molecular weight is 374 g/mol. The third-order valence-corrected chi connectivity index (χ3v) is 4.13. The van der Waals surface area contributed by atoms with E-state index >= 15 is 0 Å². The molecule has 23 heavy (non-hydrogen) atoms. The Bertz CT molecular complexity index is 860.